The molecule has 6 heteroatoms. The highest BCUT2D eigenvalue weighted by Crippen LogP contribution is 2.25. The molecule has 0 bridgehead atoms. The molecule has 5 nitrogen and oxygen atoms in total. The third-order valence-electron chi connectivity index (χ3n) is 4.53. The van der Waals surface area contributed by atoms with Crippen LogP contribution < -0.4 is 4.72 Å². The van der Waals surface area contributed by atoms with Crippen LogP contribution in [0.2, 0.25) is 0 Å². The number of nitrogens with one attached hydrogen (secondary N) is 1. The van der Waals surface area contributed by atoms with Crippen LogP contribution in [0.1, 0.15) is 47.2 Å². The van der Waals surface area contributed by atoms with E-state index in [1.165, 1.54) is 0 Å². The van der Waals surface area contributed by atoms with E-state index in [4.69, 9.17) is 4.74 Å². The number of carbonyl (C=O) groups excluding carboxylic acids is 1. The maximum atomic E-state index is 13.0. The molecule has 0 aromatic heterocycles. The van der Waals surface area contributed by atoms with Crippen molar-refractivity contribution in [2.24, 2.45) is 0 Å². The largest absolute Gasteiger partial charge is 0.466 e. The Balaban J connectivity index is 2.39. The fourth-order valence-corrected chi connectivity index (χ4v) is 4.42. The zero-order valence-corrected chi connectivity index (χ0v) is 17.3. The van der Waals surface area contributed by atoms with Gasteiger partial charge in [0, 0.05) is 0 Å². The van der Waals surface area contributed by atoms with Crippen molar-refractivity contribution in [2.75, 3.05) is 6.61 Å². The molecule has 0 fully saturated rings. The summed E-state index contributed by atoms with van der Waals surface area (Å²) in [6.07, 6.45) is -0.0694. The third-order valence-corrected chi connectivity index (χ3v) is 6.15. The van der Waals surface area contributed by atoms with Gasteiger partial charge < -0.3 is 4.74 Å². The Kier molecular flexibility index (Phi) is 6.78. The summed E-state index contributed by atoms with van der Waals surface area (Å²) >= 11 is 0. The molecule has 0 aliphatic carbocycles. The van der Waals surface area contributed by atoms with E-state index in [0.29, 0.717) is 5.56 Å². The first-order valence-electron chi connectivity index (χ1n) is 8.96. The van der Waals surface area contributed by atoms with Crippen LogP contribution in [0.4, 0.5) is 0 Å². The van der Waals surface area contributed by atoms with Crippen molar-refractivity contribution in [3.63, 3.8) is 0 Å². The van der Waals surface area contributed by atoms with Crippen LogP contribution in [-0.4, -0.2) is 21.0 Å². The second kappa shape index (κ2) is 8.67. The molecule has 0 aliphatic rings. The van der Waals surface area contributed by atoms with Crippen LogP contribution in [0.25, 0.3) is 0 Å². The zero-order valence-electron chi connectivity index (χ0n) is 16.5. The fraction of sp³-hybridized carbons (Fsp3) is 0.381. The molecule has 0 unspecified atom stereocenters. The molecular weight excluding hydrogens is 362 g/mol. The monoisotopic (exact) mass is 389 g/mol. The summed E-state index contributed by atoms with van der Waals surface area (Å²) in [6.45, 7) is 9.52. The lowest BCUT2D eigenvalue weighted by molar-refractivity contribution is -0.143. The minimum atomic E-state index is -3.81. The SMILES string of the molecule is CCOC(=O)C[C@H](NS(=O)(=O)c1cc(C)c(C)cc1C)c1ccc(C)cc1. The molecule has 2 aromatic carbocycles. The van der Waals surface area contributed by atoms with Crippen LogP contribution in [0.3, 0.4) is 0 Å². The van der Waals surface area contributed by atoms with Crippen molar-refractivity contribution < 1.29 is 17.9 Å². The van der Waals surface area contributed by atoms with Gasteiger partial charge >= 0.3 is 5.97 Å². The number of rotatable bonds is 7. The molecule has 146 valence electrons. The van der Waals surface area contributed by atoms with Crippen LogP contribution >= 0.6 is 0 Å². The second-order valence-electron chi connectivity index (χ2n) is 6.80. The van der Waals surface area contributed by atoms with E-state index >= 15 is 0 Å². The van der Waals surface area contributed by atoms with Gasteiger partial charge in [-0.05, 0) is 62.9 Å². The maximum Gasteiger partial charge on any atom is 0.307 e. The number of hydrogen-bond acceptors (Lipinski definition) is 4. The minimum Gasteiger partial charge on any atom is -0.466 e. The van der Waals surface area contributed by atoms with Gasteiger partial charge in [-0.25, -0.2) is 13.1 Å². The van der Waals surface area contributed by atoms with Crippen molar-refractivity contribution in [2.45, 2.75) is 52.0 Å². The first-order valence-corrected chi connectivity index (χ1v) is 10.4. The number of ether oxygens (including phenoxy) is 1. The van der Waals surface area contributed by atoms with Gasteiger partial charge in [0.25, 0.3) is 0 Å². The highest BCUT2D eigenvalue weighted by molar-refractivity contribution is 7.89. The molecular formula is C21H27NO4S. The normalized spacial score (nSPS) is 12.6. The number of aryl methyl sites for hydroxylation is 4. The molecule has 0 spiro atoms. The predicted octanol–water partition coefficient (Wildman–Crippen LogP) is 3.89. The average molecular weight is 390 g/mol. The Morgan fingerprint density at radius 1 is 1.00 bits per heavy atom. The first-order chi connectivity index (χ1) is 12.6. The van der Waals surface area contributed by atoms with Crippen LogP contribution in [-0.2, 0) is 19.6 Å². The Morgan fingerprint density at radius 3 is 2.19 bits per heavy atom. The van der Waals surface area contributed by atoms with Crippen molar-refractivity contribution in [1.29, 1.82) is 0 Å². The third kappa shape index (κ3) is 5.40. The summed E-state index contributed by atoms with van der Waals surface area (Å²) in [5.74, 6) is -0.442. The Morgan fingerprint density at radius 2 is 1.59 bits per heavy atom. The smallest absolute Gasteiger partial charge is 0.307 e. The van der Waals surface area contributed by atoms with Crippen LogP contribution in [0, 0.1) is 27.7 Å². The van der Waals surface area contributed by atoms with E-state index < -0.39 is 22.0 Å². The van der Waals surface area contributed by atoms with E-state index in [2.05, 4.69) is 4.72 Å². The lowest BCUT2D eigenvalue weighted by atomic mass is 10.0. The number of benzene rings is 2. The van der Waals surface area contributed by atoms with Crippen molar-refractivity contribution in [3.8, 4) is 0 Å². The van der Waals surface area contributed by atoms with Crippen molar-refractivity contribution >= 4 is 16.0 Å². The van der Waals surface area contributed by atoms with Crippen molar-refractivity contribution in [3.05, 3.63) is 64.2 Å². The molecule has 0 aliphatic heterocycles. The Hall–Kier alpha value is -2.18. The molecule has 0 saturated heterocycles. The topological polar surface area (TPSA) is 72.5 Å². The van der Waals surface area contributed by atoms with E-state index in [9.17, 15) is 13.2 Å². The summed E-state index contributed by atoms with van der Waals surface area (Å²) in [5.41, 5.74) is 4.39. The zero-order chi connectivity index (χ0) is 20.2. The highest BCUT2D eigenvalue weighted by Gasteiger charge is 2.26. The van der Waals surface area contributed by atoms with E-state index in [1.54, 1.807) is 19.9 Å². The lowest BCUT2D eigenvalue weighted by Gasteiger charge is -2.20. The number of hydrogen-bond donors (Lipinski definition) is 1. The summed E-state index contributed by atoms with van der Waals surface area (Å²) in [7, 11) is -3.81. The van der Waals surface area contributed by atoms with Gasteiger partial charge in [-0.15, -0.1) is 0 Å². The van der Waals surface area contributed by atoms with Gasteiger partial charge in [0.1, 0.15) is 0 Å². The molecule has 1 atom stereocenters. The van der Waals surface area contributed by atoms with Gasteiger partial charge in [0.05, 0.1) is 24.0 Å². The molecule has 0 heterocycles. The predicted molar refractivity (Wildman–Crippen MR) is 106 cm³/mol. The lowest BCUT2D eigenvalue weighted by Crippen LogP contribution is -2.31. The first kappa shape index (κ1) is 21.1. The molecule has 0 saturated carbocycles. The maximum absolute atomic E-state index is 13.0. The average Bonchev–Trinajstić information content (AvgIpc) is 2.58. The summed E-state index contributed by atoms with van der Waals surface area (Å²) in [5, 5.41) is 0. The quantitative estimate of drug-likeness (QED) is 0.729. The molecule has 1 N–H and O–H groups in total. The molecule has 27 heavy (non-hydrogen) atoms. The van der Waals surface area contributed by atoms with Gasteiger partial charge in [-0.3, -0.25) is 4.79 Å². The van der Waals surface area contributed by atoms with Gasteiger partial charge in [0.2, 0.25) is 10.0 Å². The van der Waals surface area contributed by atoms with Gasteiger partial charge in [-0.1, -0.05) is 35.9 Å². The number of sulfonamides is 1. The Bertz CT molecular complexity index is 918. The summed E-state index contributed by atoms with van der Waals surface area (Å²) in [6, 6.07) is 10.3. The fourth-order valence-electron chi connectivity index (χ4n) is 2.89. The number of carbonyl (C=O) groups is 1. The highest BCUT2D eigenvalue weighted by atomic mass is 32.2. The molecule has 2 rings (SSSR count). The van der Waals surface area contributed by atoms with Gasteiger partial charge in [-0.2, -0.15) is 0 Å². The van der Waals surface area contributed by atoms with E-state index in [1.807, 2.05) is 51.1 Å². The van der Waals surface area contributed by atoms with Crippen LogP contribution in [0.15, 0.2) is 41.3 Å². The molecule has 2 aromatic rings. The van der Waals surface area contributed by atoms with Crippen LogP contribution in [0.5, 0.6) is 0 Å². The second-order valence-corrected chi connectivity index (χ2v) is 8.48. The summed E-state index contributed by atoms with van der Waals surface area (Å²) < 4.78 is 33.8. The van der Waals surface area contributed by atoms with E-state index in [0.717, 1.165) is 22.3 Å². The van der Waals surface area contributed by atoms with Crippen molar-refractivity contribution in [1.82, 2.24) is 4.72 Å². The Labute approximate surface area is 161 Å². The minimum absolute atomic E-state index is 0.0694. The molecule has 0 amide bonds. The molecule has 0 radical (unpaired) electrons. The standard InChI is InChI=1S/C21H27NO4S/c1-6-26-21(23)13-19(18-9-7-14(2)8-10-18)22-27(24,25)20-12-16(4)15(3)11-17(20)5/h7-12,19,22H,6,13H2,1-5H3/t19-/m0/s1. The van der Waals surface area contributed by atoms with Gasteiger partial charge in [0.15, 0.2) is 0 Å². The van der Waals surface area contributed by atoms with E-state index in [-0.39, 0.29) is 17.9 Å². The summed E-state index contributed by atoms with van der Waals surface area (Å²) in [4.78, 5) is 12.3. The number of esters is 1.